The number of rotatable bonds is 6. The molecule has 0 fully saturated rings. The van der Waals surface area contributed by atoms with Crippen LogP contribution in [0, 0.1) is 0 Å². The molecule has 0 heterocycles. The lowest BCUT2D eigenvalue weighted by Crippen LogP contribution is -2.25. The minimum atomic E-state index is -0.254. The van der Waals surface area contributed by atoms with Gasteiger partial charge in [-0.2, -0.15) is 0 Å². The van der Waals surface area contributed by atoms with Crippen LogP contribution in [0.2, 0.25) is 10.0 Å². The van der Waals surface area contributed by atoms with Crippen LogP contribution in [0.15, 0.2) is 12.1 Å². The predicted octanol–water partition coefficient (Wildman–Crippen LogP) is 3.92. The quantitative estimate of drug-likeness (QED) is 0.806. The number of halogens is 2. The van der Waals surface area contributed by atoms with Gasteiger partial charge in [-0.05, 0) is 18.6 Å². The molecule has 18 heavy (non-hydrogen) atoms. The van der Waals surface area contributed by atoms with Crippen LogP contribution in [0.1, 0.15) is 36.5 Å². The number of amides is 1. The van der Waals surface area contributed by atoms with Gasteiger partial charge in [0.15, 0.2) is 5.75 Å². The van der Waals surface area contributed by atoms with E-state index in [1.54, 1.807) is 12.1 Å². The summed E-state index contributed by atoms with van der Waals surface area (Å²) in [5.41, 5.74) is 0.295. The van der Waals surface area contributed by atoms with E-state index in [1.165, 1.54) is 7.11 Å². The van der Waals surface area contributed by atoms with E-state index in [-0.39, 0.29) is 5.91 Å². The normalized spacial score (nSPS) is 10.2. The molecule has 0 bridgehead atoms. The molecule has 0 aliphatic carbocycles. The first-order valence-corrected chi connectivity index (χ1v) is 6.67. The summed E-state index contributed by atoms with van der Waals surface area (Å²) < 4.78 is 5.13. The molecule has 1 rings (SSSR count). The Bertz CT molecular complexity index is 422. The zero-order chi connectivity index (χ0) is 13.5. The fourth-order valence-corrected chi connectivity index (χ4v) is 2.08. The number of methoxy groups -OCH3 is 1. The second kappa shape index (κ2) is 7.49. The topological polar surface area (TPSA) is 38.3 Å². The first kappa shape index (κ1) is 15.1. The molecule has 0 spiro atoms. The Balaban J connectivity index is 2.81. The van der Waals surface area contributed by atoms with Crippen molar-refractivity contribution in [2.75, 3.05) is 13.7 Å². The zero-order valence-corrected chi connectivity index (χ0v) is 12.1. The lowest BCUT2D eigenvalue weighted by atomic mass is 10.1. The van der Waals surface area contributed by atoms with E-state index in [1.807, 2.05) is 0 Å². The average Bonchev–Trinajstić information content (AvgIpc) is 2.36. The number of carbonyl (C=O) groups is 1. The van der Waals surface area contributed by atoms with Gasteiger partial charge in [-0.25, -0.2) is 0 Å². The van der Waals surface area contributed by atoms with Gasteiger partial charge in [-0.3, -0.25) is 4.79 Å². The van der Waals surface area contributed by atoms with Crippen molar-refractivity contribution in [3.63, 3.8) is 0 Å². The standard InChI is InChI=1S/C13H17Cl2NO2/c1-3-4-5-8-16-13(17)11-9(14)6-7-10(15)12(11)18-2/h6-7H,3-5,8H2,1-2H3,(H,16,17). The fraction of sp³-hybridized carbons (Fsp3) is 0.462. The van der Waals surface area contributed by atoms with E-state index in [0.29, 0.717) is 27.9 Å². The smallest absolute Gasteiger partial charge is 0.256 e. The van der Waals surface area contributed by atoms with Gasteiger partial charge in [0.1, 0.15) is 5.56 Å². The summed E-state index contributed by atoms with van der Waals surface area (Å²) in [4.78, 5) is 12.0. The molecule has 100 valence electrons. The third kappa shape index (κ3) is 3.79. The molecule has 1 aromatic carbocycles. The van der Waals surface area contributed by atoms with Crippen molar-refractivity contribution in [2.24, 2.45) is 0 Å². The van der Waals surface area contributed by atoms with Gasteiger partial charge in [0, 0.05) is 6.54 Å². The average molecular weight is 290 g/mol. The third-order valence-corrected chi connectivity index (χ3v) is 3.17. The van der Waals surface area contributed by atoms with Crippen LogP contribution in [0.4, 0.5) is 0 Å². The SMILES string of the molecule is CCCCCNC(=O)c1c(Cl)ccc(Cl)c1OC. The maximum absolute atomic E-state index is 12.0. The number of hydrogen-bond donors (Lipinski definition) is 1. The Morgan fingerprint density at radius 2 is 1.94 bits per heavy atom. The summed E-state index contributed by atoms with van der Waals surface area (Å²) in [5.74, 6) is 0.0626. The highest BCUT2D eigenvalue weighted by Crippen LogP contribution is 2.33. The molecule has 3 nitrogen and oxygen atoms in total. The van der Waals surface area contributed by atoms with E-state index in [0.717, 1.165) is 19.3 Å². The Labute approximate surface area is 117 Å². The molecule has 0 saturated carbocycles. The summed E-state index contributed by atoms with van der Waals surface area (Å²) >= 11 is 12.0. The molecule has 0 aliphatic rings. The van der Waals surface area contributed by atoms with Gasteiger partial charge in [-0.1, -0.05) is 43.0 Å². The highest BCUT2D eigenvalue weighted by Gasteiger charge is 2.18. The Kier molecular flexibility index (Phi) is 6.30. The molecule has 0 atom stereocenters. The van der Waals surface area contributed by atoms with Crippen molar-refractivity contribution in [1.82, 2.24) is 5.32 Å². The second-order valence-corrected chi connectivity index (χ2v) is 4.71. The highest BCUT2D eigenvalue weighted by atomic mass is 35.5. The first-order chi connectivity index (χ1) is 8.61. The number of benzene rings is 1. The van der Waals surface area contributed by atoms with Crippen molar-refractivity contribution in [2.45, 2.75) is 26.2 Å². The second-order valence-electron chi connectivity index (χ2n) is 3.90. The fourth-order valence-electron chi connectivity index (χ4n) is 1.61. The van der Waals surface area contributed by atoms with Crippen molar-refractivity contribution in [3.05, 3.63) is 27.7 Å². The number of carbonyl (C=O) groups excluding carboxylic acids is 1. The van der Waals surface area contributed by atoms with Crippen LogP contribution in [0.3, 0.4) is 0 Å². The van der Waals surface area contributed by atoms with Crippen LogP contribution >= 0.6 is 23.2 Å². The Hall–Kier alpha value is -0.930. The minimum Gasteiger partial charge on any atom is -0.494 e. The van der Waals surface area contributed by atoms with Crippen LogP contribution < -0.4 is 10.1 Å². The van der Waals surface area contributed by atoms with Crippen LogP contribution in [0.5, 0.6) is 5.75 Å². The van der Waals surface area contributed by atoms with E-state index < -0.39 is 0 Å². The molecular formula is C13H17Cl2NO2. The molecule has 0 aliphatic heterocycles. The number of ether oxygens (including phenoxy) is 1. The zero-order valence-electron chi connectivity index (χ0n) is 10.6. The third-order valence-electron chi connectivity index (χ3n) is 2.56. The molecule has 0 unspecified atom stereocenters. The van der Waals surface area contributed by atoms with Gasteiger partial charge in [0.05, 0.1) is 17.2 Å². The van der Waals surface area contributed by atoms with E-state index in [4.69, 9.17) is 27.9 Å². The largest absolute Gasteiger partial charge is 0.494 e. The monoisotopic (exact) mass is 289 g/mol. The van der Waals surface area contributed by atoms with E-state index in [9.17, 15) is 4.79 Å². The molecule has 1 N–H and O–H groups in total. The molecule has 1 aromatic rings. The van der Waals surface area contributed by atoms with Gasteiger partial charge < -0.3 is 10.1 Å². The van der Waals surface area contributed by atoms with Gasteiger partial charge >= 0.3 is 0 Å². The molecule has 0 radical (unpaired) electrons. The molecule has 1 amide bonds. The van der Waals surface area contributed by atoms with Crippen molar-refractivity contribution in [1.29, 1.82) is 0 Å². The van der Waals surface area contributed by atoms with Gasteiger partial charge in [-0.15, -0.1) is 0 Å². The van der Waals surface area contributed by atoms with Crippen LogP contribution in [-0.4, -0.2) is 19.6 Å². The highest BCUT2D eigenvalue weighted by molar-refractivity contribution is 6.37. The summed E-state index contributed by atoms with van der Waals surface area (Å²) in [5, 5.41) is 3.53. The van der Waals surface area contributed by atoms with Crippen molar-refractivity contribution >= 4 is 29.1 Å². The van der Waals surface area contributed by atoms with Gasteiger partial charge in [0.25, 0.3) is 5.91 Å². The minimum absolute atomic E-state index is 0.254. The summed E-state index contributed by atoms with van der Waals surface area (Å²) in [6.45, 7) is 2.73. The predicted molar refractivity (Wildman–Crippen MR) is 74.9 cm³/mol. The summed E-state index contributed by atoms with van der Waals surface area (Å²) in [6.07, 6.45) is 3.14. The lowest BCUT2D eigenvalue weighted by molar-refractivity contribution is 0.0950. The van der Waals surface area contributed by atoms with Crippen molar-refractivity contribution < 1.29 is 9.53 Å². The molecule has 0 saturated heterocycles. The Morgan fingerprint density at radius 3 is 2.56 bits per heavy atom. The van der Waals surface area contributed by atoms with E-state index >= 15 is 0 Å². The number of unbranched alkanes of at least 4 members (excludes halogenated alkanes) is 2. The molecular weight excluding hydrogens is 273 g/mol. The van der Waals surface area contributed by atoms with E-state index in [2.05, 4.69) is 12.2 Å². The summed E-state index contributed by atoms with van der Waals surface area (Å²) in [6, 6.07) is 3.20. The Morgan fingerprint density at radius 1 is 1.28 bits per heavy atom. The van der Waals surface area contributed by atoms with Crippen LogP contribution in [-0.2, 0) is 0 Å². The first-order valence-electron chi connectivity index (χ1n) is 5.92. The number of nitrogens with one attached hydrogen (secondary N) is 1. The van der Waals surface area contributed by atoms with Crippen LogP contribution in [0.25, 0.3) is 0 Å². The van der Waals surface area contributed by atoms with Crippen molar-refractivity contribution in [3.8, 4) is 5.75 Å². The summed E-state index contributed by atoms with van der Waals surface area (Å²) in [7, 11) is 1.46. The number of hydrogen-bond acceptors (Lipinski definition) is 2. The maximum Gasteiger partial charge on any atom is 0.256 e. The molecule has 5 heteroatoms. The molecule has 0 aromatic heterocycles. The lowest BCUT2D eigenvalue weighted by Gasteiger charge is -2.12. The van der Waals surface area contributed by atoms with Gasteiger partial charge in [0.2, 0.25) is 0 Å². The maximum atomic E-state index is 12.0.